The van der Waals surface area contributed by atoms with Crippen LogP contribution in [0.4, 0.5) is 0 Å². The van der Waals surface area contributed by atoms with Gasteiger partial charge in [-0.05, 0) is 26.2 Å². The molecule has 0 spiro atoms. The molecule has 0 aliphatic heterocycles. The molecule has 0 radical (unpaired) electrons. The van der Waals surface area contributed by atoms with Crippen molar-refractivity contribution in [3.63, 3.8) is 0 Å². The predicted octanol–water partition coefficient (Wildman–Crippen LogP) is 2.59. The Morgan fingerprint density at radius 1 is 1.38 bits per heavy atom. The van der Waals surface area contributed by atoms with E-state index in [0.29, 0.717) is 6.04 Å². The Labute approximate surface area is 99.1 Å². The molecular formula is C13H25NO2. The molecule has 0 aromatic carbocycles. The van der Waals surface area contributed by atoms with Gasteiger partial charge in [-0.2, -0.15) is 0 Å². The molecule has 1 fully saturated rings. The van der Waals surface area contributed by atoms with Crippen molar-refractivity contribution in [2.45, 2.75) is 64.0 Å². The first-order valence-corrected chi connectivity index (χ1v) is 6.37. The lowest BCUT2D eigenvalue weighted by atomic mass is 9.92. The normalized spacial score (nSPS) is 21.5. The molecule has 0 aromatic heterocycles. The molecule has 1 saturated carbocycles. The Morgan fingerprint density at radius 3 is 2.38 bits per heavy atom. The molecule has 1 amide bonds. The zero-order valence-corrected chi connectivity index (χ0v) is 11.1. The van der Waals surface area contributed by atoms with E-state index in [-0.39, 0.29) is 5.91 Å². The number of ether oxygens (including phenoxy) is 1. The summed E-state index contributed by atoms with van der Waals surface area (Å²) in [5.41, 5.74) is -0.647. The first-order valence-electron chi connectivity index (χ1n) is 6.37. The first-order chi connectivity index (χ1) is 7.55. The van der Waals surface area contributed by atoms with Crippen LogP contribution in [0.1, 0.15) is 52.4 Å². The largest absolute Gasteiger partial charge is 0.369 e. The molecule has 3 heteroatoms. The van der Waals surface area contributed by atoms with Gasteiger partial charge >= 0.3 is 0 Å². The smallest absolute Gasteiger partial charge is 0.254 e. The average Bonchev–Trinajstić information content (AvgIpc) is 2.37. The van der Waals surface area contributed by atoms with Crippen LogP contribution in [0, 0.1) is 0 Å². The molecule has 94 valence electrons. The molecule has 1 unspecified atom stereocenters. The quantitative estimate of drug-likeness (QED) is 0.739. The van der Waals surface area contributed by atoms with E-state index in [1.165, 1.54) is 19.3 Å². The van der Waals surface area contributed by atoms with Gasteiger partial charge in [0.05, 0.1) is 0 Å². The highest BCUT2D eigenvalue weighted by molar-refractivity contribution is 5.84. The highest BCUT2D eigenvalue weighted by Crippen LogP contribution is 2.25. The number of carbonyl (C=O) groups excluding carboxylic acids is 1. The highest BCUT2D eigenvalue weighted by atomic mass is 16.5. The van der Waals surface area contributed by atoms with Crippen LogP contribution in [0.3, 0.4) is 0 Å². The van der Waals surface area contributed by atoms with E-state index in [0.717, 1.165) is 19.3 Å². The number of hydrogen-bond acceptors (Lipinski definition) is 2. The maximum absolute atomic E-state index is 12.3. The topological polar surface area (TPSA) is 29.5 Å². The van der Waals surface area contributed by atoms with Crippen molar-refractivity contribution in [1.82, 2.24) is 4.90 Å². The van der Waals surface area contributed by atoms with E-state index >= 15 is 0 Å². The minimum atomic E-state index is -0.647. The van der Waals surface area contributed by atoms with Gasteiger partial charge in [0.15, 0.2) is 0 Å². The molecule has 0 aromatic rings. The van der Waals surface area contributed by atoms with Gasteiger partial charge in [-0.15, -0.1) is 0 Å². The molecule has 0 bridgehead atoms. The number of amides is 1. The third kappa shape index (κ3) is 2.76. The van der Waals surface area contributed by atoms with E-state index in [9.17, 15) is 4.79 Å². The number of rotatable bonds is 4. The summed E-state index contributed by atoms with van der Waals surface area (Å²) in [5.74, 6) is 0.129. The molecular weight excluding hydrogens is 202 g/mol. The number of likely N-dealkylation sites (N-methyl/N-ethyl adjacent to an activating group) is 1. The fourth-order valence-electron chi connectivity index (χ4n) is 2.39. The summed E-state index contributed by atoms with van der Waals surface area (Å²) in [6.07, 6.45) is 6.82. The van der Waals surface area contributed by atoms with Crippen LogP contribution in [0.2, 0.25) is 0 Å². The lowest BCUT2D eigenvalue weighted by Crippen LogP contribution is -2.50. The van der Waals surface area contributed by atoms with Gasteiger partial charge in [-0.3, -0.25) is 4.79 Å². The van der Waals surface area contributed by atoms with E-state index in [1.54, 1.807) is 7.11 Å². The Hall–Kier alpha value is -0.570. The number of nitrogens with zero attached hydrogens (tertiary/aromatic N) is 1. The van der Waals surface area contributed by atoms with Crippen molar-refractivity contribution in [2.75, 3.05) is 14.2 Å². The van der Waals surface area contributed by atoms with Crippen molar-refractivity contribution in [3.05, 3.63) is 0 Å². The summed E-state index contributed by atoms with van der Waals surface area (Å²) < 4.78 is 5.37. The second-order valence-corrected chi connectivity index (χ2v) is 5.00. The van der Waals surface area contributed by atoms with E-state index in [2.05, 4.69) is 0 Å². The van der Waals surface area contributed by atoms with Crippen molar-refractivity contribution in [2.24, 2.45) is 0 Å². The molecule has 3 nitrogen and oxygen atoms in total. The Balaban J connectivity index is 2.64. The number of methoxy groups -OCH3 is 1. The second-order valence-electron chi connectivity index (χ2n) is 5.00. The minimum Gasteiger partial charge on any atom is -0.369 e. The van der Waals surface area contributed by atoms with Gasteiger partial charge in [0.1, 0.15) is 5.60 Å². The van der Waals surface area contributed by atoms with Crippen molar-refractivity contribution in [1.29, 1.82) is 0 Å². The fourth-order valence-corrected chi connectivity index (χ4v) is 2.39. The van der Waals surface area contributed by atoms with E-state index < -0.39 is 5.60 Å². The summed E-state index contributed by atoms with van der Waals surface area (Å²) in [7, 11) is 3.54. The van der Waals surface area contributed by atoms with Crippen LogP contribution in [-0.4, -0.2) is 36.6 Å². The van der Waals surface area contributed by atoms with Crippen LogP contribution in [-0.2, 0) is 9.53 Å². The van der Waals surface area contributed by atoms with Crippen LogP contribution in [0.15, 0.2) is 0 Å². The molecule has 0 heterocycles. The first kappa shape index (κ1) is 13.5. The lowest BCUT2D eigenvalue weighted by molar-refractivity contribution is -0.154. The molecule has 16 heavy (non-hydrogen) atoms. The summed E-state index contributed by atoms with van der Waals surface area (Å²) in [6.45, 7) is 3.88. The summed E-state index contributed by atoms with van der Waals surface area (Å²) >= 11 is 0. The van der Waals surface area contributed by atoms with Crippen LogP contribution in [0.25, 0.3) is 0 Å². The van der Waals surface area contributed by atoms with Crippen molar-refractivity contribution in [3.8, 4) is 0 Å². The monoisotopic (exact) mass is 227 g/mol. The average molecular weight is 227 g/mol. The zero-order valence-electron chi connectivity index (χ0n) is 11.1. The third-order valence-corrected chi connectivity index (χ3v) is 4.02. The summed E-state index contributed by atoms with van der Waals surface area (Å²) in [4.78, 5) is 14.2. The molecule has 1 rings (SSSR count). The second kappa shape index (κ2) is 5.67. The van der Waals surface area contributed by atoms with Crippen LogP contribution in [0.5, 0.6) is 0 Å². The van der Waals surface area contributed by atoms with Gasteiger partial charge in [0, 0.05) is 20.2 Å². The maximum Gasteiger partial charge on any atom is 0.254 e. The van der Waals surface area contributed by atoms with Gasteiger partial charge in [-0.25, -0.2) is 0 Å². The van der Waals surface area contributed by atoms with Crippen molar-refractivity contribution < 1.29 is 9.53 Å². The highest BCUT2D eigenvalue weighted by Gasteiger charge is 2.36. The molecule has 0 saturated heterocycles. The maximum atomic E-state index is 12.3. The summed E-state index contributed by atoms with van der Waals surface area (Å²) in [5, 5.41) is 0. The van der Waals surface area contributed by atoms with E-state index in [4.69, 9.17) is 4.74 Å². The Bertz CT molecular complexity index is 230. The Morgan fingerprint density at radius 2 is 1.94 bits per heavy atom. The molecule has 0 N–H and O–H groups in total. The Kier molecular flexibility index (Phi) is 4.78. The SMILES string of the molecule is CCC(C)(OC)C(=O)N(C)C1CCCCC1. The van der Waals surface area contributed by atoms with Crippen LogP contribution < -0.4 is 0 Å². The zero-order chi connectivity index (χ0) is 12.2. The van der Waals surface area contributed by atoms with E-state index in [1.807, 2.05) is 25.8 Å². The predicted molar refractivity (Wildman–Crippen MR) is 65.3 cm³/mol. The molecule has 1 aliphatic rings. The third-order valence-electron chi connectivity index (χ3n) is 4.02. The minimum absolute atomic E-state index is 0.129. The van der Waals surface area contributed by atoms with Crippen LogP contribution >= 0.6 is 0 Å². The fraction of sp³-hybridized carbons (Fsp3) is 0.923. The van der Waals surface area contributed by atoms with Gasteiger partial charge in [-0.1, -0.05) is 26.2 Å². The number of carbonyl (C=O) groups is 1. The van der Waals surface area contributed by atoms with Gasteiger partial charge in [0.25, 0.3) is 5.91 Å². The molecule has 1 aliphatic carbocycles. The standard InChI is InChI=1S/C13H25NO2/c1-5-13(2,16-4)12(15)14(3)11-9-7-6-8-10-11/h11H,5-10H2,1-4H3. The number of hydrogen-bond donors (Lipinski definition) is 0. The molecule has 1 atom stereocenters. The summed E-state index contributed by atoms with van der Waals surface area (Å²) in [6, 6.07) is 0.419. The van der Waals surface area contributed by atoms with Gasteiger partial charge in [0.2, 0.25) is 0 Å². The lowest BCUT2D eigenvalue weighted by Gasteiger charge is -2.37. The van der Waals surface area contributed by atoms with Crippen molar-refractivity contribution >= 4 is 5.91 Å². The van der Waals surface area contributed by atoms with Gasteiger partial charge < -0.3 is 9.64 Å².